The van der Waals surface area contributed by atoms with Gasteiger partial charge in [-0.25, -0.2) is 0 Å². The van der Waals surface area contributed by atoms with Crippen LogP contribution in [0.1, 0.15) is 77.2 Å². The van der Waals surface area contributed by atoms with Crippen molar-refractivity contribution < 1.29 is 14.6 Å². The fraction of sp³-hybridized carbons (Fsp3) is 0.606. The van der Waals surface area contributed by atoms with Gasteiger partial charge in [-0.1, -0.05) is 68.4 Å². The molecule has 0 heterocycles. The number of hydrogen-bond acceptors (Lipinski definition) is 3. The summed E-state index contributed by atoms with van der Waals surface area (Å²) in [6.07, 6.45) is 9.82. The molecule has 4 aliphatic carbocycles. The van der Waals surface area contributed by atoms with Crippen LogP contribution >= 0.6 is 0 Å². The molecule has 0 bridgehead atoms. The van der Waals surface area contributed by atoms with Gasteiger partial charge in [0, 0.05) is 0 Å². The summed E-state index contributed by atoms with van der Waals surface area (Å²) in [5.74, 6) is 2.73. The normalized spacial score (nSPS) is 41.6. The van der Waals surface area contributed by atoms with E-state index in [1.54, 1.807) is 7.11 Å². The van der Waals surface area contributed by atoms with Crippen LogP contribution in [0.3, 0.4) is 0 Å². The summed E-state index contributed by atoms with van der Waals surface area (Å²) in [5, 5.41) is 11.9. The maximum atomic E-state index is 12.6. The summed E-state index contributed by atoms with van der Waals surface area (Å²) in [5.41, 5.74) is 3.18. The van der Waals surface area contributed by atoms with Crippen LogP contribution in [0.25, 0.3) is 11.1 Å². The predicted octanol–water partition coefficient (Wildman–Crippen LogP) is 7.37. The van der Waals surface area contributed by atoms with Gasteiger partial charge in [0.05, 0.1) is 18.6 Å². The molecular weight excluding hydrogens is 444 g/mol. The molecule has 6 rings (SSSR count). The van der Waals surface area contributed by atoms with E-state index in [0.717, 1.165) is 49.5 Å². The van der Waals surface area contributed by atoms with Crippen molar-refractivity contribution in [3.05, 3.63) is 60.2 Å². The molecule has 0 radical (unpaired) electrons. The SMILES string of the molecule is COC(=O)[C@H]1CC[C@H]2[C@@H]3CC[C@@H]4C[C@](O)(c5ccc(-c6ccccc6)cc5)CC[C@]4(C)[C@H]3CC[C@]12C. The van der Waals surface area contributed by atoms with Crippen molar-refractivity contribution in [2.24, 2.45) is 40.4 Å². The molecule has 1 N–H and O–H groups in total. The zero-order chi connectivity index (χ0) is 25.1. The Kier molecular flexibility index (Phi) is 5.87. The second-order valence-electron chi connectivity index (χ2n) is 13.0. The van der Waals surface area contributed by atoms with Gasteiger partial charge in [0.15, 0.2) is 0 Å². The van der Waals surface area contributed by atoms with Crippen molar-refractivity contribution in [3.8, 4) is 11.1 Å². The monoisotopic (exact) mass is 486 g/mol. The van der Waals surface area contributed by atoms with Gasteiger partial charge in [-0.15, -0.1) is 0 Å². The molecule has 3 heteroatoms. The first-order valence-corrected chi connectivity index (χ1v) is 14.2. The average Bonchev–Trinajstić information content (AvgIpc) is 3.26. The molecule has 0 unspecified atom stereocenters. The third-order valence-electron chi connectivity index (χ3n) is 11.7. The van der Waals surface area contributed by atoms with Gasteiger partial charge < -0.3 is 9.84 Å². The number of aliphatic hydroxyl groups is 1. The minimum atomic E-state index is -0.723. The Balaban J connectivity index is 1.20. The first-order valence-electron chi connectivity index (χ1n) is 14.2. The molecular formula is C33H42O3. The van der Waals surface area contributed by atoms with Crippen LogP contribution in [0, 0.1) is 40.4 Å². The third kappa shape index (κ3) is 3.60. The first kappa shape index (κ1) is 24.2. The van der Waals surface area contributed by atoms with E-state index in [9.17, 15) is 9.90 Å². The van der Waals surface area contributed by atoms with Crippen molar-refractivity contribution in [2.75, 3.05) is 7.11 Å². The van der Waals surface area contributed by atoms with E-state index in [2.05, 4.69) is 62.4 Å². The van der Waals surface area contributed by atoms with Gasteiger partial charge in [0.25, 0.3) is 0 Å². The molecule has 192 valence electrons. The molecule has 0 aliphatic heterocycles. The lowest BCUT2D eigenvalue weighted by molar-refractivity contribution is -0.164. The van der Waals surface area contributed by atoms with E-state index in [1.807, 2.05) is 6.07 Å². The van der Waals surface area contributed by atoms with Crippen LogP contribution in [0.4, 0.5) is 0 Å². The molecule has 4 saturated carbocycles. The number of fused-ring (bicyclic) bond motifs is 5. The molecule has 36 heavy (non-hydrogen) atoms. The molecule has 0 aromatic heterocycles. The smallest absolute Gasteiger partial charge is 0.309 e. The number of esters is 1. The van der Waals surface area contributed by atoms with Crippen molar-refractivity contribution in [1.82, 2.24) is 0 Å². The fourth-order valence-corrected chi connectivity index (χ4v) is 9.64. The molecule has 3 nitrogen and oxygen atoms in total. The number of hydrogen-bond donors (Lipinski definition) is 1. The minimum absolute atomic E-state index is 0.0133. The van der Waals surface area contributed by atoms with Crippen LogP contribution in [-0.4, -0.2) is 18.2 Å². The van der Waals surface area contributed by atoms with Crippen molar-refractivity contribution in [3.63, 3.8) is 0 Å². The number of benzene rings is 2. The Morgan fingerprint density at radius 1 is 0.806 bits per heavy atom. The zero-order valence-corrected chi connectivity index (χ0v) is 22.2. The molecule has 4 aliphatic rings. The van der Waals surface area contributed by atoms with E-state index in [1.165, 1.54) is 36.8 Å². The van der Waals surface area contributed by atoms with Gasteiger partial charge in [-0.3, -0.25) is 4.79 Å². The van der Waals surface area contributed by atoms with Crippen molar-refractivity contribution in [2.45, 2.75) is 77.2 Å². The molecule has 2 aromatic carbocycles. The average molecular weight is 487 g/mol. The highest BCUT2D eigenvalue weighted by atomic mass is 16.5. The summed E-state index contributed by atoms with van der Waals surface area (Å²) in [6.45, 7) is 4.93. The minimum Gasteiger partial charge on any atom is -0.469 e. The van der Waals surface area contributed by atoms with E-state index >= 15 is 0 Å². The van der Waals surface area contributed by atoms with Crippen LogP contribution in [0.2, 0.25) is 0 Å². The van der Waals surface area contributed by atoms with Gasteiger partial charge in [-0.2, -0.15) is 0 Å². The molecule has 4 fully saturated rings. The Morgan fingerprint density at radius 3 is 2.22 bits per heavy atom. The van der Waals surface area contributed by atoms with E-state index in [-0.39, 0.29) is 17.3 Å². The van der Waals surface area contributed by atoms with Gasteiger partial charge in [0.1, 0.15) is 0 Å². The summed E-state index contributed by atoms with van der Waals surface area (Å²) >= 11 is 0. The zero-order valence-electron chi connectivity index (χ0n) is 22.2. The highest BCUT2D eigenvalue weighted by Gasteiger charge is 2.62. The van der Waals surface area contributed by atoms with E-state index in [0.29, 0.717) is 17.3 Å². The van der Waals surface area contributed by atoms with Crippen molar-refractivity contribution >= 4 is 5.97 Å². The van der Waals surface area contributed by atoms with E-state index in [4.69, 9.17) is 4.74 Å². The maximum absolute atomic E-state index is 12.6. The standard InChI is InChI=1S/C33H42O3/c1-31-19-20-33(35,24-11-9-23(10-12-24)22-7-5-4-6-8-22)21-25(31)13-14-26-27-15-16-29(30(34)36-3)32(27,2)18-17-28(26)31/h4-12,25-29,35H,13-21H2,1-3H3/t25-,26+,27+,28+,29-,31+,32+,33+/m1/s1. The second kappa shape index (κ2) is 8.72. The quantitative estimate of drug-likeness (QED) is 0.461. The highest BCUT2D eigenvalue weighted by molar-refractivity contribution is 5.73. The lowest BCUT2D eigenvalue weighted by Crippen LogP contribution is -2.55. The molecule has 2 aromatic rings. The summed E-state index contributed by atoms with van der Waals surface area (Å²) < 4.78 is 5.22. The number of carbonyl (C=O) groups excluding carboxylic acids is 1. The largest absolute Gasteiger partial charge is 0.469 e. The van der Waals surface area contributed by atoms with Crippen LogP contribution in [0.5, 0.6) is 0 Å². The molecule has 0 amide bonds. The summed E-state index contributed by atoms with van der Waals surface area (Å²) in [6, 6.07) is 19.1. The number of rotatable bonds is 3. The molecule has 0 saturated heterocycles. The van der Waals surface area contributed by atoms with Gasteiger partial charge >= 0.3 is 5.97 Å². The highest BCUT2D eigenvalue weighted by Crippen LogP contribution is 2.68. The first-order chi connectivity index (χ1) is 17.3. The maximum Gasteiger partial charge on any atom is 0.309 e. The summed E-state index contributed by atoms with van der Waals surface area (Å²) in [7, 11) is 1.55. The Hall–Kier alpha value is -2.13. The summed E-state index contributed by atoms with van der Waals surface area (Å²) in [4.78, 5) is 12.6. The van der Waals surface area contributed by atoms with Crippen LogP contribution in [-0.2, 0) is 15.1 Å². The fourth-order valence-electron chi connectivity index (χ4n) is 9.64. The Labute approximate surface area is 216 Å². The third-order valence-corrected chi connectivity index (χ3v) is 11.7. The topological polar surface area (TPSA) is 46.5 Å². The predicted molar refractivity (Wildman–Crippen MR) is 143 cm³/mol. The molecule has 8 atom stereocenters. The lowest BCUT2D eigenvalue weighted by atomic mass is 9.43. The number of carbonyl (C=O) groups is 1. The number of ether oxygens (including phenoxy) is 1. The number of methoxy groups -OCH3 is 1. The molecule has 0 spiro atoms. The lowest BCUT2D eigenvalue weighted by Gasteiger charge is -2.62. The van der Waals surface area contributed by atoms with Crippen LogP contribution < -0.4 is 0 Å². The Morgan fingerprint density at radius 2 is 1.50 bits per heavy atom. The van der Waals surface area contributed by atoms with Crippen LogP contribution in [0.15, 0.2) is 54.6 Å². The van der Waals surface area contributed by atoms with E-state index < -0.39 is 5.60 Å². The van der Waals surface area contributed by atoms with Gasteiger partial charge in [0.2, 0.25) is 0 Å². The second-order valence-corrected chi connectivity index (χ2v) is 13.0. The van der Waals surface area contributed by atoms with Crippen molar-refractivity contribution in [1.29, 1.82) is 0 Å². The van der Waals surface area contributed by atoms with Gasteiger partial charge in [-0.05, 0) is 109 Å². The Bertz CT molecular complexity index is 1110.